The van der Waals surface area contributed by atoms with Crippen LogP contribution in [0.4, 0.5) is 0 Å². The van der Waals surface area contributed by atoms with Gasteiger partial charge in [-0.25, -0.2) is 10.4 Å². The molecule has 1 aromatic carbocycles. The quantitative estimate of drug-likeness (QED) is 0.770. The summed E-state index contributed by atoms with van der Waals surface area (Å²) in [5.74, 6) is 0.542. The predicted molar refractivity (Wildman–Crippen MR) is 100 cm³/mol. The summed E-state index contributed by atoms with van der Waals surface area (Å²) in [6.07, 6.45) is 5.57. The zero-order valence-electron chi connectivity index (χ0n) is 14.2. The number of amides is 1. The van der Waals surface area contributed by atoms with Crippen molar-refractivity contribution in [3.8, 4) is 11.3 Å². The van der Waals surface area contributed by atoms with E-state index in [2.05, 4.69) is 38.7 Å². The van der Waals surface area contributed by atoms with Gasteiger partial charge in [0.25, 0.3) is 0 Å². The van der Waals surface area contributed by atoms with Crippen LogP contribution in [0, 0.1) is 5.92 Å². The van der Waals surface area contributed by atoms with Gasteiger partial charge in [0.05, 0.1) is 10.7 Å². The van der Waals surface area contributed by atoms with Gasteiger partial charge in [-0.05, 0) is 12.8 Å². The Morgan fingerprint density at radius 3 is 2.92 bits per heavy atom. The van der Waals surface area contributed by atoms with Crippen LogP contribution >= 0.6 is 11.3 Å². The second-order valence-corrected chi connectivity index (χ2v) is 7.80. The fraction of sp³-hybridized carbons (Fsp3) is 0.474. The molecule has 3 N–H and O–H groups in total. The molecule has 2 aliphatic rings. The van der Waals surface area contributed by atoms with E-state index in [1.54, 1.807) is 11.3 Å². The minimum atomic E-state index is -0.0959. The molecule has 0 radical (unpaired) electrons. The van der Waals surface area contributed by atoms with E-state index in [0.717, 1.165) is 29.1 Å². The molecular weight excluding hydrogens is 332 g/mol. The molecular formula is C19H24N4OS. The minimum Gasteiger partial charge on any atom is -0.354 e. The lowest BCUT2D eigenvalue weighted by molar-refractivity contribution is -0.123. The molecule has 5 nitrogen and oxygen atoms in total. The van der Waals surface area contributed by atoms with Crippen LogP contribution in [-0.2, 0) is 11.2 Å². The SMILES string of the molecule is O=C(NCCc1nc(-c2ccccc2)cs1)C1NNC2CCCCC21. The number of nitrogens with one attached hydrogen (secondary N) is 3. The van der Waals surface area contributed by atoms with Crippen molar-refractivity contribution in [2.75, 3.05) is 6.54 Å². The highest BCUT2D eigenvalue weighted by Gasteiger charge is 2.40. The molecule has 1 saturated carbocycles. The van der Waals surface area contributed by atoms with E-state index in [1.807, 2.05) is 18.2 Å². The van der Waals surface area contributed by atoms with E-state index in [9.17, 15) is 4.79 Å². The lowest BCUT2D eigenvalue weighted by Gasteiger charge is -2.26. The lowest BCUT2D eigenvalue weighted by atomic mass is 9.81. The molecule has 1 amide bonds. The van der Waals surface area contributed by atoms with Crippen molar-refractivity contribution in [2.24, 2.45) is 5.92 Å². The van der Waals surface area contributed by atoms with Crippen LogP contribution in [0.1, 0.15) is 30.7 Å². The summed E-state index contributed by atoms with van der Waals surface area (Å²) in [7, 11) is 0. The maximum atomic E-state index is 12.5. The second-order valence-electron chi connectivity index (χ2n) is 6.85. The Hall–Kier alpha value is -1.76. The van der Waals surface area contributed by atoms with Gasteiger partial charge in [0.2, 0.25) is 5.91 Å². The predicted octanol–water partition coefficient (Wildman–Crippen LogP) is 2.50. The Kier molecular flexibility index (Phi) is 5.10. The highest BCUT2D eigenvalue weighted by atomic mass is 32.1. The smallest absolute Gasteiger partial charge is 0.238 e. The van der Waals surface area contributed by atoms with E-state index in [4.69, 9.17) is 0 Å². The number of fused-ring (bicyclic) bond motifs is 1. The number of aromatic nitrogens is 1. The maximum absolute atomic E-state index is 12.5. The Balaban J connectivity index is 1.28. The van der Waals surface area contributed by atoms with Crippen LogP contribution in [0.25, 0.3) is 11.3 Å². The number of benzene rings is 1. The molecule has 0 spiro atoms. The van der Waals surface area contributed by atoms with Crippen LogP contribution < -0.4 is 16.2 Å². The molecule has 3 unspecified atom stereocenters. The standard InChI is InChI=1S/C19H24N4OS/c24-19(18-14-8-4-5-9-15(14)22-23-18)20-11-10-17-21-16(12-25-17)13-6-2-1-3-7-13/h1-3,6-7,12,14-15,18,22-23H,4-5,8-11H2,(H,20,24). The summed E-state index contributed by atoms with van der Waals surface area (Å²) in [5, 5.41) is 6.23. The third kappa shape index (κ3) is 3.76. The molecule has 3 atom stereocenters. The number of carbonyl (C=O) groups excluding carboxylic acids is 1. The van der Waals surface area contributed by atoms with Gasteiger partial charge < -0.3 is 5.32 Å². The van der Waals surface area contributed by atoms with Gasteiger partial charge >= 0.3 is 0 Å². The van der Waals surface area contributed by atoms with Crippen LogP contribution in [0.3, 0.4) is 0 Å². The number of nitrogens with zero attached hydrogens (tertiary/aromatic N) is 1. The van der Waals surface area contributed by atoms with Gasteiger partial charge in [0.1, 0.15) is 6.04 Å². The first kappa shape index (κ1) is 16.7. The molecule has 132 valence electrons. The van der Waals surface area contributed by atoms with Crippen LogP contribution in [0.5, 0.6) is 0 Å². The summed E-state index contributed by atoms with van der Waals surface area (Å²) in [6, 6.07) is 10.6. The van der Waals surface area contributed by atoms with Crippen LogP contribution in [0.2, 0.25) is 0 Å². The number of hydrogen-bond donors (Lipinski definition) is 3. The monoisotopic (exact) mass is 356 g/mol. The largest absolute Gasteiger partial charge is 0.354 e. The van der Waals surface area contributed by atoms with E-state index in [1.165, 1.54) is 19.3 Å². The molecule has 2 fully saturated rings. The van der Waals surface area contributed by atoms with Gasteiger partial charge in [-0.15, -0.1) is 11.3 Å². The third-order valence-corrected chi connectivity index (χ3v) is 6.12. The van der Waals surface area contributed by atoms with Crippen molar-refractivity contribution in [1.82, 2.24) is 21.2 Å². The highest BCUT2D eigenvalue weighted by Crippen LogP contribution is 2.30. The fourth-order valence-electron chi connectivity index (χ4n) is 3.87. The van der Waals surface area contributed by atoms with Crippen molar-refractivity contribution in [2.45, 2.75) is 44.2 Å². The molecule has 4 rings (SSSR count). The van der Waals surface area contributed by atoms with E-state index < -0.39 is 0 Å². The van der Waals surface area contributed by atoms with E-state index in [0.29, 0.717) is 18.5 Å². The summed E-state index contributed by atoms with van der Waals surface area (Å²) >= 11 is 1.66. The first-order chi connectivity index (χ1) is 12.3. The minimum absolute atomic E-state index is 0.0959. The second kappa shape index (κ2) is 7.64. The fourth-order valence-corrected chi connectivity index (χ4v) is 4.68. The summed E-state index contributed by atoms with van der Waals surface area (Å²) in [5.41, 5.74) is 8.65. The van der Waals surface area contributed by atoms with Crippen molar-refractivity contribution in [1.29, 1.82) is 0 Å². The van der Waals surface area contributed by atoms with Crippen molar-refractivity contribution >= 4 is 17.2 Å². The highest BCUT2D eigenvalue weighted by molar-refractivity contribution is 7.09. The average molecular weight is 356 g/mol. The van der Waals surface area contributed by atoms with Crippen molar-refractivity contribution in [3.05, 3.63) is 40.7 Å². The summed E-state index contributed by atoms with van der Waals surface area (Å²) in [4.78, 5) is 17.2. The molecule has 1 aromatic heterocycles. The number of rotatable bonds is 5. The first-order valence-electron chi connectivity index (χ1n) is 9.10. The lowest BCUT2D eigenvalue weighted by Crippen LogP contribution is -2.46. The molecule has 25 heavy (non-hydrogen) atoms. The topological polar surface area (TPSA) is 66.0 Å². The molecule has 1 aliphatic heterocycles. The van der Waals surface area contributed by atoms with Gasteiger partial charge in [-0.3, -0.25) is 10.2 Å². The molecule has 6 heteroatoms. The Bertz CT molecular complexity index is 717. The van der Waals surface area contributed by atoms with E-state index in [-0.39, 0.29) is 11.9 Å². The third-order valence-electron chi connectivity index (χ3n) is 5.21. The van der Waals surface area contributed by atoms with Gasteiger partial charge in [-0.1, -0.05) is 43.2 Å². The van der Waals surface area contributed by atoms with Crippen LogP contribution in [-0.4, -0.2) is 29.5 Å². The number of carbonyl (C=O) groups is 1. The average Bonchev–Trinajstić information content (AvgIpc) is 3.29. The number of hydrogen-bond acceptors (Lipinski definition) is 5. The Morgan fingerprint density at radius 2 is 2.04 bits per heavy atom. The summed E-state index contributed by atoms with van der Waals surface area (Å²) in [6.45, 7) is 0.635. The maximum Gasteiger partial charge on any atom is 0.238 e. The molecule has 2 heterocycles. The first-order valence-corrected chi connectivity index (χ1v) is 9.98. The Morgan fingerprint density at radius 1 is 1.20 bits per heavy atom. The van der Waals surface area contributed by atoms with Crippen LogP contribution in [0.15, 0.2) is 35.7 Å². The molecule has 2 aromatic rings. The van der Waals surface area contributed by atoms with Gasteiger partial charge in [0, 0.05) is 35.9 Å². The molecule has 1 aliphatic carbocycles. The van der Waals surface area contributed by atoms with Crippen molar-refractivity contribution in [3.63, 3.8) is 0 Å². The zero-order valence-corrected chi connectivity index (χ0v) is 15.0. The zero-order chi connectivity index (χ0) is 17.1. The molecule has 1 saturated heterocycles. The van der Waals surface area contributed by atoms with E-state index >= 15 is 0 Å². The van der Waals surface area contributed by atoms with Gasteiger partial charge in [0.15, 0.2) is 0 Å². The van der Waals surface area contributed by atoms with Crippen molar-refractivity contribution < 1.29 is 4.79 Å². The number of thiazole rings is 1. The van der Waals surface area contributed by atoms with Gasteiger partial charge in [-0.2, -0.15) is 0 Å². The molecule has 0 bridgehead atoms. The normalized spacial score (nSPS) is 25.5. The summed E-state index contributed by atoms with van der Waals surface area (Å²) < 4.78 is 0. The number of hydrazine groups is 1. The Labute approximate surface area is 152 Å².